The molecule has 1 aliphatic carbocycles. The van der Waals surface area contributed by atoms with Crippen LogP contribution in [0.5, 0.6) is 0 Å². The van der Waals surface area contributed by atoms with E-state index in [4.69, 9.17) is 15.7 Å². The molecule has 7 nitrogen and oxygen atoms in total. The van der Waals surface area contributed by atoms with Gasteiger partial charge in [-0.15, -0.1) is 0 Å². The second-order valence-corrected chi connectivity index (χ2v) is 7.69. The maximum atomic E-state index is 6.41. The fourth-order valence-electron chi connectivity index (χ4n) is 3.40. The average molecular weight is 379 g/mol. The van der Waals surface area contributed by atoms with Gasteiger partial charge in [0.15, 0.2) is 0 Å². The molecule has 2 aromatic rings. The van der Waals surface area contributed by atoms with E-state index in [0.717, 1.165) is 35.9 Å². The number of aliphatic imine (C=N–C) groups is 2. The molecule has 3 unspecified atom stereocenters. The first kappa shape index (κ1) is 16.5. The minimum absolute atomic E-state index is 0.177. The van der Waals surface area contributed by atoms with Crippen molar-refractivity contribution in [2.75, 3.05) is 18.8 Å². The molecule has 3 aliphatic rings. The van der Waals surface area contributed by atoms with Crippen LogP contribution in [0.15, 0.2) is 57.4 Å². The number of aromatic nitrogens is 2. The molecule has 2 aromatic heterocycles. The highest BCUT2D eigenvalue weighted by Gasteiger charge is 2.27. The Morgan fingerprint density at radius 3 is 3.04 bits per heavy atom. The molecule has 0 radical (unpaired) electrons. The number of amidine groups is 1. The van der Waals surface area contributed by atoms with Gasteiger partial charge in [0, 0.05) is 24.4 Å². The van der Waals surface area contributed by atoms with Crippen LogP contribution in [0.3, 0.4) is 0 Å². The summed E-state index contributed by atoms with van der Waals surface area (Å²) in [6.45, 7) is 1.53. The molecule has 0 aromatic carbocycles. The number of rotatable bonds is 6. The number of nitrogen functional groups attached to an aromatic ring is 1. The van der Waals surface area contributed by atoms with Crippen molar-refractivity contribution in [3.63, 3.8) is 0 Å². The summed E-state index contributed by atoms with van der Waals surface area (Å²) in [5, 5.41) is 10.9. The van der Waals surface area contributed by atoms with E-state index in [1.807, 2.05) is 22.1 Å². The van der Waals surface area contributed by atoms with Crippen molar-refractivity contribution in [3.05, 3.63) is 53.2 Å². The Balaban J connectivity index is 1.39. The Morgan fingerprint density at radius 2 is 2.26 bits per heavy atom. The average Bonchev–Trinajstić information content (AvgIpc) is 3.08. The predicted octanol–water partition coefficient (Wildman–Crippen LogP) is 1.53. The molecule has 0 spiro atoms. The van der Waals surface area contributed by atoms with Gasteiger partial charge in [-0.05, 0) is 11.4 Å². The van der Waals surface area contributed by atoms with E-state index in [0.29, 0.717) is 18.4 Å². The van der Waals surface area contributed by atoms with Crippen LogP contribution in [-0.2, 0) is 0 Å². The number of allylic oxidation sites excluding steroid dienone is 2. The number of nitrogens with two attached hydrogens (primary N) is 1. The summed E-state index contributed by atoms with van der Waals surface area (Å²) in [7, 11) is 0. The Bertz CT molecular complexity index is 947. The predicted molar refractivity (Wildman–Crippen MR) is 110 cm³/mol. The molecule has 0 bridgehead atoms. The zero-order valence-electron chi connectivity index (χ0n) is 14.7. The number of imidazole rings is 1. The first-order valence-electron chi connectivity index (χ1n) is 9.08. The van der Waals surface area contributed by atoms with Crippen LogP contribution in [0.4, 0.5) is 5.82 Å². The maximum Gasteiger partial charge on any atom is 0.137 e. The minimum Gasteiger partial charge on any atom is -0.383 e. The Kier molecular flexibility index (Phi) is 4.14. The Labute approximate surface area is 161 Å². The topological polar surface area (TPSA) is 103 Å². The minimum atomic E-state index is 0.177. The standard InChI is InChI=1S/C19H21N7S/c20-19-18(23-11-26(19)13-5-6-27-10-13)16(7-12-8-21-12)22-9-17-24-14-3-1-2-4-15(14)25-17/h1-6,10-12,14-15,21H,7-9,20H2,(H,24,25). The van der Waals surface area contributed by atoms with Crippen molar-refractivity contribution >= 4 is 28.7 Å². The van der Waals surface area contributed by atoms with Crippen LogP contribution in [0.2, 0.25) is 0 Å². The van der Waals surface area contributed by atoms with Gasteiger partial charge in [-0.25, -0.2) is 4.98 Å². The van der Waals surface area contributed by atoms with E-state index in [1.165, 1.54) is 0 Å². The molecular weight excluding hydrogens is 358 g/mol. The molecule has 3 atom stereocenters. The molecule has 4 heterocycles. The van der Waals surface area contributed by atoms with E-state index >= 15 is 0 Å². The van der Waals surface area contributed by atoms with Gasteiger partial charge >= 0.3 is 0 Å². The lowest BCUT2D eigenvalue weighted by molar-refractivity contribution is 0.694. The van der Waals surface area contributed by atoms with E-state index < -0.39 is 0 Å². The smallest absolute Gasteiger partial charge is 0.137 e. The third kappa shape index (κ3) is 3.33. The van der Waals surface area contributed by atoms with E-state index in [1.54, 1.807) is 17.7 Å². The largest absolute Gasteiger partial charge is 0.383 e. The number of nitrogens with one attached hydrogen (secondary N) is 2. The molecule has 1 saturated heterocycles. The van der Waals surface area contributed by atoms with Crippen LogP contribution < -0.4 is 16.4 Å². The van der Waals surface area contributed by atoms with Gasteiger partial charge in [-0.2, -0.15) is 11.3 Å². The highest BCUT2D eigenvalue weighted by molar-refractivity contribution is 7.08. The summed E-state index contributed by atoms with van der Waals surface area (Å²) in [5.41, 5.74) is 9.14. The Hall–Kier alpha value is -2.71. The molecule has 8 heteroatoms. The van der Waals surface area contributed by atoms with E-state index in [2.05, 4.69) is 39.2 Å². The molecule has 2 aliphatic heterocycles. The molecule has 27 heavy (non-hydrogen) atoms. The summed E-state index contributed by atoms with van der Waals surface area (Å²) in [4.78, 5) is 14.2. The molecule has 4 N–H and O–H groups in total. The third-order valence-corrected chi connectivity index (χ3v) is 5.63. The molecule has 0 saturated carbocycles. The molecule has 5 rings (SSSR count). The zero-order valence-corrected chi connectivity index (χ0v) is 15.6. The first-order valence-corrected chi connectivity index (χ1v) is 10.0. The maximum absolute atomic E-state index is 6.41. The quantitative estimate of drug-likeness (QED) is 0.523. The monoisotopic (exact) mass is 379 g/mol. The van der Waals surface area contributed by atoms with Gasteiger partial charge in [0.05, 0.1) is 30.0 Å². The van der Waals surface area contributed by atoms with Gasteiger partial charge < -0.3 is 16.4 Å². The summed E-state index contributed by atoms with van der Waals surface area (Å²) in [6, 6.07) is 2.92. The number of nitrogens with zero attached hydrogens (tertiary/aromatic N) is 4. The lowest BCUT2D eigenvalue weighted by Crippen LogP contribution is -2.34. The molecule has 0 amide bonds. The first-order chi connectivity index (χ1) is 13.3. The second kappa shape index (κ2) is 6.79. The van der Waals surface area contributed by atoms with Gasteiger partial charge in [0.2, 0.25) is 0 Å². The lowest BCUT2D eigenvalue weighted by Gasteiger charge is -2.13. The Morgan fingerprint density at radius 1 is 1.37 bits per heavy atom. The van der Waals surface area contributed by atoms with Crippen LogP contribution >= 0.6 is 11.3 Å². The second-order valence-electron chi connectivity index (χ2n) is 6.91. The summed E-state index contributed by atoms with van der Waals surface area (Å²) in [6.07, 6.45) is 10.9. The van der Waals surface area contributed by atoms with Crippen LogP contribution in [0.1, 0.15) is 12.1 Å². The molecule has 138 valence electrons. The van der Waals surface area contributed by atoms with Crippen molar-refractivity contribution in [2.45, 2.75) is 24.5 Å². The lowest BCUT2D eigenvalue weighted by atomic mass is 10.1. The number of hydrogen-bond donors (Lipinski definition) is 3. The van der Waals surface area contributed by atoms with Crippen LogP contribution in [0, 0.1) is 0 Å². The number of anilines is 1. The highest BCUT2D eigenvalue weighted by Crippen LogP contribution is 2.22. The zero-order chi connectivity index (χ0) is 18.2. The van der Waals surface area contributed by atoms with Crippen LogP contribution in [0.25, 0.3) is 5.69 Å². The van der Waals surface area contributed by atoms with E-state index in [9.17, 15) is 0 Å². The third-order valence-electron chi connectivity index (χ3n) is 4.96. The van der Waals surface area contributed by atoms with Gasteiger partial charge in [0.1, 0.15) is 23.7 Å². The van der Waals surface area contributed by atoms with E-state index in [-0.39, 0.29) is 12.1 Å². The SMILES string of the molecule is Nc1c(C(CC2CN2)=NCC2=NC3C=CC=CC3N2)ncn1-c1ccsc1. The van der Waals surface area contributed by atoms with Gasteiger partial charge in [-0.3, -0.25) is 14.6 Å². The summed E-state index contributed by atoms with van der Waals surface area (Å²) < 4.78 is 1.91. The number of fused-ring (bicyclic) bond motifs is 1. The van der Waals surface area contributed by atoms with Gasteiger partial charge in [-0.1, -0.05) is 24.3 Å². The fourth-order valence-corrected chi connectivity index (χ4v) is 4.02. The van der Waals surface area contributed by atoms with Crippen molar-refractivity contribution in [2.24, 2.45) is 9.98 Å². The fraction of sp³-hybridized carbons (Fsp3) is 0.316. The van der Waals surface area contributed by atoms with Crippen molar-refractivity contribution < 1.29 is 0 Å². The van der Waals surface area contributed by atoms with Gasteiger partial charge in [0.25, 0.3) is 0 Å². The van der Waals surface area contributed by atoms with Crippen molar-refractivity contribution in [1.29, 1.82) is 0 Å². The highest BCUT2D eigenvalue weighted by atomic mass is 32.1. The summed E-state index contributed by atoms with van der Waals surface area (Å²) in [5.74, 6) is 1.55. The van der Waals surface area contributed by atoms with Crippen molar-refractivity contribution in [1.82, 2.24) is 20.2 Å². The van der Waals surface area contributed by atoms with Crippen LogP contribution in [-0.4, -0.2) is 52.3 Å². The molecule has 1 fully saturated rings. The normalized spacial score (nSPS) is 26.0. The summed E-state index contributed by atoms with van der Waals surface area (Å²) >= 11 is 1.64. The molecular formula is C19H21N7S. The number of hydrogen-bond acceptors (Lipinski definition) is 7. The van der Waals surface area contributed by atoms with Crippen molar-refractivity contribution in [3.8, 4) is 5.69 Å². The number of thiophene rings is 1.